The van der Waals surface area contributed by atoms with Crippen molar-refractivity contribution in [1.29, 1.82) is 0 Å². The number of nitrogens with zero attached hydrogens (tertiary/aromatic N) is 2. The van der Waals surface area contributed by atoms with Crippen LogP contribution >= 0.6 is 0 Å². The fourth-order valence-corrected chi connectivity index (χ4v) is 4.18. The number of likely N-dealkylation sites (tertiary alicyclic amines) is 1. The third kappa shape index (κ3) is 4.80. The molecule has 1 atom stereocenters. The maximum Gasteiger partial charge on any atom is 0.104 e. The molecule has 0 saturated carbocycles. The standard InChI is InChI=1S/C18H30N2.2BrH/c1-19(11-5-6-12-19)13-7-14-20(2)15-10-17-8-3-4-9-18(17)16-20;;/h3-4,8-9H,5-7,10-16H2,1-2H3;2*1H/q+2;;/p-2. The first-order valence-electron chi connectivity index (χ1n) is 8.33. The van der Waals surface area contributed by atoms with Gasteiger partial charge in [-0.15, -0.1) is 0 Å². The maximum absolute atomic E-state index is 2.46. The molecular weight excluding hydrogens is 404 g/mol. The van der Waals surface area contributed by atoms with Crippen LogP contribution in [-0.4, -0.2) is 55.8 Å². The van der Waals surface area contributed by atoms with Crippen LogP contribution in [0.5, 0.6) is 0 Å². The van der Waals surface area contributed by atoms with Crippen molar-refractivity contribution in [2.24, 2.45) is 0 Å². The quantitative estimate of drug-likeness (QED) is 0.439. The van der Waals surface area contributed by atoms with E-state index in [0.717, 1.165) is 0 Å². The van der Waals surface area contributed by atoms with Gasteiger partial charge in [0.15, 0.2) is 0 Å². The van der Waals surface area contributed by atoms with Crippen LogP contribution in [0.1, 0.15) is 30.4 Å². The molecule has 3 rings (SSSR count). The first-order valence-corrected chi connectivity index (χ1v) is 8.33. The van der Waals surface area contributed by atoms with Crippen molar-refractivity contribution in [2.45, 2.75) is 32.2 Å². The lowest BCUT2D eigenvalue weighted by molar-refractivity contribution is -0.933. The maximum atomic E-state index is 2.46. The van der Waals surface area contributed by atoms with Crippen LogP contribution in [0.2, 0.25) is 0 Å². The summed E-state index contributed by atoms with van der Waals surface area (Å²) in [5.74, 6) is 0. The Kier molecular flexibility index (Phi) is 7.58. The minimum Gasteiger partial charge on any atom is -1.00 e. The van der Waals surface area contributed by atoms with E-state index in [1.165, 1.54) is 73.9 Å². The molecule has 0 spiro atoms. The lowest BCUT2D eigenvalue weighted by atomic mass is 9.98. The lowest BCUT2D eigenvalue weighted by Crippen LogP contribution is -3.00. The van der Waals surface area contributed by atoms with Crippen molar-refractivity contribution in [3.63, 3.8) is 0 Å². The Hall–Kier alpha value is 0.1000. The molecule has 4 heteroatoms. The molecule has 0 N–H and O–H groups in total. The van der Waals surface area contributed by atoms with E-state index >= 15 is 0 Å². The van der Waals surface area contributed by atoms with Gasteiger partial charge in [-0.3, -0.25) is 0 Å². The van der Waals surface area contributed by atoms with Crippen molar-refractivity contribution >= 4 is 0 Å². The highest BCUT2D eigenvalue weighted by Crippen LogP contribution is 2.24. The third-order valence-electron chi connectivity index (χ3n) is 5.63. The van der Waals surface area contributed by atoms with E-state index in [-0.39, 0.29) is 34.0 Å². The zero-order valence-corrected chi connectivity index (χ0v) is 17.2. The van der Waals surface area contributed by atoms with E-state index in [2.05, 4.69) is 38.4 Å². The molecule has 1 fully saturated rings. The smallest absolute Gasteiger partial charge is 0.104 e. The number of hydrogen-bond donors (Lipinski definition) is 0. The van der Waals surface area contributed by atoms with Gasteiger partial charge in [0, 0.05) is 31.2 Å². The summed E-state index contributed by atoms with van der Waals surface area (Å²) in [6.45, 7) is 8.11. The van der Waals surface area contributed by atoms with Crippen LogP contribution < -0.4 is 34.0 Å². The molecule has 0 amide bonds. The minimum atomic E-state index is 0. The van der Waals surface area contributed by atoms with Gasteiger partial charge in [0.1, 0.15) is 6.54 Å². The summed E-state index contributed by atoms with van der Waals surface area (Å²) in [5, 5.41) is 0. The summed E-state index contributed by atoms with van der Waals surface area (Å²) in [6, 6.07) is 9.03. The van der Waals surface area contributed by atoms with Crippen LogP contribution in [0, 0.1) is 0 Å². The molecule has 2 aliphatic rings. The van der Waals surface area contributed by atoms with Gasteiger partial charge in [-0.2, -0.15) is 0 Å². The van der Waals surface area contributed by atoms with Gasteiger partial charge in [0.2, 0.25) is 0 Å². The van der Waals surface area contributed by atoms with Gasteiger partial charge in [-0.1, -0.05) is 24.3 Å². The molecule has 126 valence electrons. The second kappa shape index (κ2) is 8.27. The molecule has 1 saturated heterocycles. The highest BCUT2D eigenvalue weighted by Gasteiger charge is 2.31. The van der Waals surface area contributed by atoms with E-state index in [1.54, 1.807) is 11.1 Å². The van der Waals surface area contributed by atoms with Crippen molar-refractivity contribution < 1.29 is 42.9 Å². The fraction of sp³-hybridized carbons (Fsp3) is 0.667. The van der Waals surface area contributed by atoms with Crippen molar-refractivity contribution in [2.75, 3.05) is 46.8 Å². The Morgan fingerprint density at radius 2 is 1.41 bits per heavy atom. The van der Waals surface area contributed by atoms with Crippen LogP contribution in [0.25, 0.3) is 0 Å². The Labute approximate surface area is 157 Å². The van der Waals surface area contributed by atoms with Crippen molar-refractivity contribution in [3.05, 3.63) is 35.4 Å². The molecule has 1 aromatic carbocycles. The van der Waals surface area contributed by atoms with Crippen molar-refractivity contribution in [1.82, 2.24) is 0 Å². The first kappa shape index (κ1) is 20.1. The Morgan fingerprint density at radius 1 is 0.818 bits per heavy atom. The van der Waals surface area contributed by atoms with E-state index in [0.29, 0.717) is 0 Å². The first-order chi connectivity index (χ1) is 9.59. The number of halogens is 2. The monoisotopic (exact) mass is 432 g/mol. The minimum absolute atomic E-state index is 0. The number of quaternary nitrogens is 2. The van der Waals surface area contributed by atoms with Gasteiger partial charge in [-0.05, 0) is 5.56 Å². The summed E-state index contributed by atoms with van der Waals surface area (Å²) in [6.07, 6.45) is 5.53. The van der Waals surface area contributed by atoms with Gasteiger partial charge in [-0.25, -0.2) is 0 Å². The van der Waals surface area contributed by atoms with Crippen molar-refractivity contribution in [3.8, 4) is 0 Å². The average molecular weight is 434 g/mol. The second-order valence-electron chi connectivity index (χ2n) is 7.59. The molecule has 2 aliphatic heterocycles. The summed E-state index contributed by atoms with van der Waals surface area (Å²) >= 11 is 0. The van der Waals surface area contributed by atoms with Crippen LogP contribution in [0.3, 0.4) is 0 Å². The molecule has 0 aliphatic carbocycles. The Bertz CT molecular complexity index is 472. The summed E-state index contributed by atoms with van der Waals surface area (Å²) < 4.78 is 2.58. The fourth-order valence-electron chi connectivity index (χ4n) is 4.18. The summed E-state index contributed by atoms with van der Waals surface area (Å²) in [5.41, 5.74) is 3.17. The largest absolute Gasteiger partial charge is 1.00 e. The summed E-state index contributed by atoms with van der Waals surface area (Å²) in [7, 11) is 4.92. The number of likely N-dealkylation sites (N-methyl/N-ethyl adjacent to an activating group) is 1. The number of hydrogen-bond acceptors (Lipinski definition) is 0. The van der Waals surface area contributed by atoms with E-state index in [9.17, 15) is 0 Å². The summed E-state index contributed by atoms with van der Waals surface area (Å²) in [4.78, 5) is 0. The molecule has 1 unspecified atom stereocenters. The van der Waals surface area contributed by atoms with Gasteiger partial charge in [0.05, 0.1) is 46.8 Å². The Balaban J connectivity index is 0.00000121. The molecule has 0 radical (unpaired) electrons. The third-order valence-corrected chi connectivity index (χ3v) is 5.63. The SMILES string of the molecule is C[N+]1(CCC[N+]2(C)CCc3ccccc3C2)CCCC1.[Br-].[Br-]. The number of benzene rings is 1. The van der Waals surface area contributed by atoms with E-state index in [4.69, 9.17) is 0 Å². The molecule has 2 nitrogen and oxygen atoms in total. The lowest BCUT2D eigenvalue weighted by Gasteiger charge is -2.39. The molecule has 0 bridgehead atoms. The van der Waals surface area contributed by atoms with Gasteiger partial charge < -0.3 is 42.9 Å². The van der Waals surface area contributed by atoms with Crippen LogP contribution in [0.15, 0.2) is 24.3 Å². The molecule has 1 aromatic rings. The van der Waals surface area contributed by atoms with E-state index in [1.807, 2.05) is 0 Å². The number of fused-ring (bicyclic) bond motifs is 1. The van der Waals surface area contributed by atoms with Crippen LogP contribution in [-0.2, 0) is 13.0 Å². The van der Waals surface area contributed by atoms with Gasteiger partial charge >= 0.3 is 0 Å². The number of rotatable bonds is 4. The zero-order chi connectivity index (χ0) is 14.1. The van der Waals surface area contributed by atoms with E-state index < -0.39 is 0 Å². The van der Waals surface area contributed by atoms with Crippen LogP contribution in [0.4, 0.5) is 0 Å². The Morgan fingerprint density at radius 3 is 2.09 bits per heavy atom. The zero-order valence-electron chi connectivity index (χ0n) is 14.0. The highest BCUT2D eigenvalue weighted by atomic mass is 79.9. The molecular formula is C18H30Br2N2. The predicted molar refractivity (Wildman–Crippen MR) is 84.4 cm³/mol. The molecule has 0 aromatic heterocycles. The average Bonchev–Trinajstić information content (AvgIpc) is 2.85. The topological polar surface area (TPSA) is 0 Å². The molecule has 2 heterocycles. The second-order valence-corrected chi connectivity index (χ2v) is 7.59. The molecule has 22 heavy (non-hydrogen) atoms. The highest BCUT2D eigenvalue weighted by molar-refractivity contribution is 5.27. The predicted octanol–water partition coefficient (Wildman–Crippen LogP) is -3.17. The van der Waals surface area contributed by atoms with Gasteiger partial charge in [0.25, 0.3) is 0 Å². The normalized spacial score (nSPS) is 25.7.